The Balaban J connectivity index is 3.19. The summed E-state index contributed by atoms with van der Waals surface area (Å²) in [6.07, 6.45) is 0.911. The van der Waals surface area contributed by atoms with Gasteiger partial charge in [0, 0.05) is 12.3 Å². The van der Waals surface area contributed by atoms with Gasteiger partial charge in [0.25, 0.3) is 0 Å². The molecule has 1 N–H and O–H groups in total. The van der Waals surface area contributed by atoms with Crippen LogP contribution >= 0.6 is 0 Å². The molecule has 0 aromatic carbocycles. The van der Waals surface area contributed by atoms with Gasteiger partial charge in [-0.25, -0.2) is 0 Å². The molecule has 1 heterocycles. The minimum absolute atomic E-state index is 0.486. The highest BCUT2D eigenvalue weighted by Gasteiger charge is 2.14. The van der Waals surface area contributed by atoms with Crippen molar-refractivity contribution in [1.29, 1.82) is 0 Å². The minimum Gasteiger partial charge on any atom is -0.493 e. The SMILES string of the molecule is COc1ccnc(C(C)O)c1OC. The molecule has 1 rings (SSSR count). The van der Waals surface area contributed by atoms with Gasteiger partial charge in [-0.05, 0) is 6.92 Å². The summed E-state index contributed by atoms with van der Waals surface area (Å²) in [5, 5.41) is 9.36. The molecule has 1 atom stereocenters. The van der Waals surface area contributed by atoms with Crippen LogP contribution in [0.5, 0.6) is 11.5 Å². The quantitative estimate of drug-likeness (QED) is 0.763. The lowest BCUT2D eigenvalue weighted by atomic mass is 10.2. The average molecular weight is 183 g/mol. The number of ether oxygens (including phenoxy) is 2. The predicted molar refractivity (Wildman–Crippen MR) is 48.0 cm³/mol. The van der Waals surface area contributed by atoms with E-state index >= 15 is 0 Å². The molecule has 0 aliphatic heterocycles. The first-order valence-corrected chi connectivity index (χ1v) is 3.95. The Morgan fingerprint density at radius 2 is 2.08 bits per heavy atom. The number of hydrogen-bond donors (Lipinski definition) is 1. The molecule has 4 nitrogen and oxygen atoms in total. The number of aromatic nitrogens is 1. The first-order chi connectivity index (χ1) is 6.20. The van der Waals surface area contributed by atoms with E-state index < -0.39 is 6.10 Å². The van der Waals surface area contributed by atoms with Gasteiger partial charge in [0.2, 0.25) is 0 Å². The molecule has 0 aliphatic carbocycles. The topological polar surface area (TPSA) is 51.6 Å². The molecule has 72 valence electrons. The minimum atomic E-state index is -0.662. The van der Waals surface area contributed by atoms with E-state index in [2.05, 4.69) is 4.98 Å². The monoisotopic (exact) mass is 183 g/mol. The van der Waals surface area contributed by atoms with Gasteiger partial charge in [-0.2, -0.15) is 0 Å². The van der Waals surface area contributed by atoms with Crippen molar-refractivity contribution in [2.24, 2.45) is 0 Å². The Morgan fingerprint density at radius 3 is 2.54 bits per heavy atom. The summed E-state index contributed by atoms with van der Waals surface area (Å²) < 4.78 is 10.1. The lowest BCUT2D eigenvalue weighted by Crippen LogP contribution is -2.01. The zero-order valence-corrected chi connectivity index (χ0v) is 7.94. The summed E-state index contributed by atoms with van der Waals surface area (Å²) in [6, 6.07) is 1.69. The van der Waals surface area contributed by atoms with Crippen molar-refractivity contribution >= 4 is 0 Å². The van der Waals surface area contributed by atoms with E-state index in [0.717, 1.165) is 0 Å². The van der Waals surface area contributed by atoms with Crippen LogP contribution in [0.15, 0.2) is 12.3 Å². The van der Waals surface area contributed by atoms with Gasteiger partial charge in [0.05, 0.1) is 20.3 Å². The van der Waals surface area contributed by atoms with Crippen LogP contribution in [0.25, 0.3) is 0 Å². The number of pyridine rings is 1. The average Bonchev–Trinajstić information content (AvgIpc) is 2.16. The summed E-state index contributed by atoms with van der Waals surface area (Å²) in [5.74, 6) is 1.06. The van der Waals surface area contributed by atoms with Crippen LogP contribution in [-0.2, 0) is 0 Å². The van der Waals surface area contributed by atoms with Crippen LogP contribution < -0.4 is 9.47 Å². The van der Waals surface area contributed by atoms with Crippen LogP contribution in [0, 0.1) is 0 Å². The second kappa shape index (κ2) is 4.09. The Labute approximate surface area is 77.1 Å². The molecule has 0 fully saturated rings. The van der Waals surface area contributed by atoms with Crippen molar-refractivity contribution < 1.29 is 14.6 Å². The summed E-state index contributed by atoms with van der Waals surface area (Å²) in [5.41, 5.74) is 0.488. The Kier molecular flexibility index (Phi) is 3.08. The Morgan fingerprint density at radius 1 is 1.38 bits per heavy atom. The molecule has 1 aromatic rings. The summed E-state index contributed by atoms with van der Waals surface area (Å²) >= 11 is 0. The molecule has 13 heavy (non-hydrogen) atoms. The Hall–Kier alpha value is -1.29. The molecule has 0 saturated heterocycles. The Bertz CT molecular complexity index is 286. The molecule has 4 heteroatoms. The van der Waals surface area contributed by atoms with E-state index in [1.807, 2.05) is 0 Å². The predicted octanol–water partition coefficient (Wildman–Crippen LogP) is 1.15. The zero-order valence-electron chi connectivity index (χ0n) is 7.94. The van der Waals surface area contributed by atoms with Gasteiger partial charge in [0.1, 0.15) is 5.69 Å². The normalized spacial score (nSPS) is 12.3. The van der Waals surface area contributed by atoms with Gasteiger partial charge in [-0.3, -0.25) is 4.98 Å². The maximum atomic E-state index is 9.36. The number of methoxy groups -OCH3 is 2. The number of nitrogens with zero attached hydrogens (tertiary/aromatic N) is 1. The molecule has 0 saturated carbocycles. The van der Waals surface area contributed by atoms with E-state index in [9.17, 15) is 5.11 Å². The van der Waals surface area contributed by atoms with Crippen LogP contribution in [-0.4, -0.2) is 24.3 Å². The van der Waals surface area contributed by atoms with Gasteiger partial charge >= 0.3 is 0 Å². The standard InChI is InChI=1S/C9H13NO3/c1-6(11)8-9(13-3)7(12-2)4-5-10-8/h4-6,11H,1-3H3. The van der Waals surface area contributed by atoms with Gasteiger partial charge in [-0.1, -0.05) is 0 Å². The maximum absolute atomic E-state index is 9.36. The lowest BCUT2D eigenvalue weighted by Gasteiger charge is -2.12. The molecule has 1 unspecified atom stereocenters. The van der Waals surface area contributed by atoms with Crippen molar-refractivity contribution in [3.8, 4) is 11.5 Å². The summed E-state index contributed by atoms with van der Waals surface area (Å²) in [4.78, 5) is 4.00. The van der Waals surface area contributed by atoms with Crippen LogP contribution in [0.4, 0.5) is 0 Å². The van der Waals surface area contributed by atoms with Crippen molar-refractivity contribution in [1.82, 2.24) is 4.98 Å². The number of rotatable bonds is 3. The van der Waals surface area contributed by atoms with Crippen molar-refractivity contribution in [3.05, 3.63) is 18.0 Å². The lowest BCUT2D eigenvalue weighted by molar-refractivity contribution is 0.187. The van der Waals surface area contributed by atoms with Crippen LogP contribution in [0.2, 0.25) is 0 Å². The van der Waals surface area contributed by atoms with E-state index in [4.69, 9.17) is 9.47 Å². The molecule has 0 radical (unpaired) electrons. The van der Waals surface area contributed by atoms with Crippen molar-refractivity contribution in [2.45, 2.75) is 13.0 Å². The first kappa shape index (κ1) is 9.80. The number of aliphatic hydroxyl groups excluding tert-OH is 1. The van der Waals surface area contributed by atoms with E-state index in [1.54, 1.807) is 26.3 Å². The second-order valence-corrected chi connectivity index (χ2v) is 2.61. The van der Waals surface area contributed by atoms with Gasteiger partial charge in [0.15, 0.2) is 11.5 Å². The highest BCUT2D eigenvalue weighted by atomic mass is 16.5. The first-order valence-electron chi connectivity index (χ1n) is 3.95. The smallest absolute Gasteiger partial charge is 0.185 e. The van der Waals surface area contributed by atoms with Crippen LogP contribution in [0.1, 0.15) is 18.7 Å². The molecule has 0 bridgehead atoms. The van der Waals surface area contributed by atoms with Gasteiger partial charge < -0.3 is 14.6 Å². The van der Waals surface area contributed by atoms with Crippen molar-refractivity contribution in [2.75, 3.05) is 14.2 Å². The third-order valence-electron chi connectivity index (χ3n) is 1.72. The maximum Gasteiger partial charge on any atom is 0.185 e. The fourth-order valence-corrected chi connectivity index (χ4v) is 1.11. The fraction of sp³-hybridized carbons (Fsp3) is 0.444. The van der Waals surface area contributed by atoms with Gasteiger partial charge in [-0.15, -0.1) is 0 Å². The second-order valence-electron chi connectivity index (χ2n) is 2.61. The van der Waals surface area contributed by atoms with E-state index in [1.165, 1.54) is 7.11 Å². The highest BCUT2D eigenvalue weighted by Crippen LogP contribution is 2.32. The molecule has 0 aliphatic rings. The third-order valence-corrected chi connectivity index (χ3v) is 1.72. The van der Waals surface area contributed by atoms with Crippen LogP contribution in [0.3, 0.4) is 0 Å². The van der Waals surface area contributed by atoms with E-state index in [-0.39, 0.29) is 0 Å². The summed E-state index contributed by atoms with van der Waals surface area (Å²) in [6.45, 7) is 1.63. The molecular weight excluding hydrogens is 170 g/mol. The number of hydrogen-bond acceptors (Lipinski definition) is 4. The highest BCUT2D eigenvalue weighted by molar-refractivity contribution is 5.43. The molecular formula is C9H13NO3. The summed E-state index contributed by atoms with van der Waals surface area (Å²) in [7, 11) is 3.06. The molecule has 0 amide bonds. The molecule has 0 spiro atoms. The van der Waals surface area contributed by atoms with E-state index in [0.29, 0.717) is 17.2 Å². The third kappa shape index (κ3) is 1.89. The molecule has 1 aromatic heterocycles. The largest absolute Gasteiger partial charge is 0.493 e. The van der Waals surface area contributed by atoms with Crippen molar-refractivity contribution in [3.63, 3.8) is 0 Å². The number of aliphatic hydroxyl groups is 1. The zero-order chi connectivity index (χ0) is 9.84. The fourth-order valence-electron chi connectivity index (χ4n) is 1.11.